The van der Waals surface area contributed by atoms with Crippen molar-refractivity contribution < 1.29 is 9.31 Å². The molecule has 0 bridgehead atoms. The van der Waals surface area contributed by atoms with Crippen LogP contribution in [0.4, 0.5) is 0 Å². The van der Waals surface area contributed by atoms with Crippen LogP contribution in [-0.2, 0) is 9.31 Å². The maximum atomic E-state index is 6.25. The molecule has 0 unspecified atom stereocenters. The number of pyridine rings is 1. The molecule has 0 spiro atoms. The summed E-state index contributed by atoms with van der Waals surface area (Å²) in [5.74, 6) is 0. The zero-order chi connectivity index (χ0) is 21.7. The molecule has 5 nitrogen and oxygen atoms in total. The Morgan fingerprint density at radius 1 is 1.30 bits per heavy atom. The molecule has 4 heterocycles. The number of hydrogen-bond acceptors (Lipinski definition) is 4. The predicted molar refractivity (Wildman–Crippen MR) is 136 cm³/mol. The Labute approximate surface area is 193 Å². The van der Waals surface area contributed by atoms with Crippen molar-refractivity contribution in [1.29, 1.82) is 0 Å². The van der Waals surface area contributed by atoms with Crippen LogP contribution in [-0.4, -0.2) is 32.3 Å². The van der Waals surface area contributed by atoms with E-state index in [1.165, 1.54) is 0 Å². The molecular formula is C22H25BIN3O2S. The van der Waals surface area contributed by atoms with E-state index in [4.69, 9.17) is 14.3 Å². The van der Waals surface area contributed by atoms with E-state index in [1.807, 2.05) is 25.4 Å². The number of rotatable bonds is 4. The standard InChI is InChI=1S/C22H25BIN3O2S/c1-7-15(10-16-8-9-25-14(16)2)19-13-27(30-24)20-18(19)11-17(12-26-20)23-28-21(3,4)22(5,6)29-23/h7-13,25H,2H2,1,3-6H3/b15-7+,16-10-. The predicted octanol–water partition coefficient (Wildman–Crippen LogP) is 3.80. The number of halogens is 1. The first kappa shape index (κ1) is 21.7. The summed E-state index contributed by atoms with van der Waals surface area (Å²) >= 11 is 2.28. The summed E-state index contributed by atoms with van der Waals surface area (Å²) in [7, 11) is 1.16. The van der Waals surface area contributed by atoms with Crippen LogP contribution in [0.5, 0.6) is 0 Å². The Bertz CT molecular complexity index is 1230. The molecule has 1 aliphatic rings. The summed E-state index contributed by atoms with van der Waals surface area (Å²) < 4.78 is 14.6. The molecular weight excluding hydrogens is 508 g/mol. The van der Waals surface area contributed by atoms with Gasteiger partial charge in [-0.05, 0) is 63.6 Å². The third-order valence-electron chi connectivity index (χ3n) is 6.03. The molecule has 156 valence electrons. The second-order valence-electron chi connectivity index (χ2n) is 8.47. The molecule has 4 rings (SSSR count). The first-order chi connectivity index (χ1) is 14.2. The van der Waals surface area contributed by atoms with Gasteiger partial charge in [0.05, 0.1) is 11.2 Å². The van der Waals surface area contributed by atoms with Gasteiger partial charge in [0.2, 0.25) is 0 Å². The van der Waals surface area contributed by atoms with Crippen molar-refractivity contribution in [3.05, 3.63) is 52.9 Å². The van der Waals surface area contributed by atoms with Gasteiger partial charge in [0.15, 0.2) is 5.65 Å². The maximum Gasteiger partial charge on any atom is 0.496 e. The number of hydrogen-bond donors (Lipinski definition) is 1. The van der Waals surface area contributed by atoms with E-state index < -0.39 is 7.12 Å². The highest BCUT2D eigenvalue weighted by molar-refractivity contribution is 14.2. The van der Waals surface area contributed by atoms with Crippen LogP contribution in [0.25, 0.3) is 29.3 Å². The van der Waals surface area contributed by atoms with E-state index in [-0.39, 0.29) is 11.2 Å². The van der Waals surface area contributed by atoms with Crippen LogP contribution in [0.2, 0.25) is 0 Å². The summed E-state index contributed by atoms with van der Waals surface area (Å²) in [5.41, 5.74) is 3.29. The Kier molecular flexibility index (Phi) is 5.72. The number of nitrogens with one attached hydrogen (secondary N) is 1. The van der Waals surface area contributed by atoms with Crippen molar-refractivity contribution in [2.24, 2.45) is 0 Å². The lowest BCUT2D eigenvalue weighted by Crippen LogP contribution is -2.41. The van der Waals surface area contributed by atoms with Crippen LogP contribution in [0.3, 0.4) is 0 Å². The topological polar surface area (TPSA) is 52.1 Å². The summed E-state index contributed by atoms with van der Waals surface area (Å²) in [6, 6.07) is 4.18. The molecule has 1 saturated heterocycles. The fourth-order valence-electron chi connectivity index (χ4n) is 3.52. The molecule has 3 aromatic heterocycles. The van der Waals surface area contributed by atoms with Gasteiger partial charge in [-0.2, -0.15) is 0 Å². The quantitative estimate of drug-likeness (QED) is 0.410. The zero-order valence-corrected chi connectivity index (χ0v) is 20.8. The highest BCUT2D eigenvalue weighted by Crippen LogP contribution is 2.37. The van der Waals surface area contributed by atoms with Gasteiger partial charge in [0, 0.05) is 70.7 Å². The molecule has 1 fully saturated rings. The molecule has 8 heteroatoms. The monoisotopic (exact) mass is 533 g/mol. The van der Waals surface area contributed by atoms with E-state index >= 15 is 0 Å². The molecule has 3 aromatic rings. The molecule has 0 saturated carbocycles. The summed E-state index contributed by atoms with van der Waals surface area (Å²) in [6.07, 6.45) is 10.2. The van der Waals surface area contributed by atoms with Gasteiger partial charge in [-0.25, -0.2) is 4.98 Å². The third kappa shape index (κ3) is 3.68. The third-order valence-corrected chi connectivity index (χ3v) is 7.73. The summed E-state index contributed by atoms with van der Waals surface area (Å²) in [4.78, 5) is 7.90. The van der Waals surface area contributed by atoms with E-state index in [2.05, 4.69) is 88.9 Å². The second kappa shape index (κ2) is 7.89. The minimum atomic E-state index is -0.440. The molecule has 0 atom stereocenters. The van der Waals surface area contributed by atoms with Crippen LogP contribution in [0.1, 0.15) is 40.2 Å². The van der Waals surface area contributed by atoms with E-state index in [9.17, 15) is 0 Å². The summed E-state index contributed by atoms with van der Waals surface area (Å²) in [5, 5.41) is 3.04. The lowest BCUT2D eigenvalue weighted by Gasteiger charge is -2.32. The smallest absolute Gasteiger partial charge is 0.399 e. The molecule has 1 aliphatic heterocycles. The fourth-order valence-corrected chi connectivity index (χ4v) is 4.78. The van der Waals surface area contributed by atoms with Gasteiger partial charge >= 0.3 is 7.12 Å². The molecule has 1 N–H and O–H groups in total. The number of H-pyrrole nitrogens is 1. The van der Waals surface area contributed by atoms with Gasteiger partial charge in [-0.1, -0.05) is 12.7 Å². The first-order valence-electron chi connectivity index (χ1n) is 9.83. The second-order valence-corrected chi connectivity index (χ2v) is 10.2. The van der Waals surface area contributed by atoms with Crippen LogP contribution < -0.4 is 16.0 Å². The SMILES string of the molecule is C=c1[nH]cc/c1=C/C(=C\C)c1cn(SI)c2ncc(B3OC(C)(C)C(C)(C)O3)cc12. The molecule has 30 heavy (non-hydrogen) atoms. The molecule has 0 aromatic carbocycles. The lowest BCUT2D eigenvalue weighted by molar-refractivity contribution is 0.00578. The Balaban J connectivity index is 1.84. The van der Waals surface area contributed by atoms with Gasteiger partial charge in [-0.15, -0.1) is 0 Å². The lowest BCUT2D eigenvalue weighted by atomic mass is 9.79. The van der Waals surface area contributed by atoms with Crippen molar-refractivity contribution in [3.8, 4) is 0 Å². The van der Waals surface area contributed by atoms with Crippen molar-refractivity contribution >= 4 is 72.2 Å². The van der Waals surface area contributed by atoms with Gasteiger partial charge < -0.3 is 14.3 Å². The Morgan fingerprint density at radius 3 is 2.57 bits per heavy atom. The largest absolute Gasteiger partial charge is 0.496 e. The zero-order valence-electron chi connectivity index (χ0n) is 17.8. The molecule has 0 amide bonds. The summed E-state index contributed by atoms with van der Waals surface area (Å²) in [6.45, 7) is 14.4. The van der Waals surface area contributed by atoms with Crippen molar-refractivity contribution in [3.63, 3.8) is 0 Å². The van der Waals surface area contributed by atoms with Crippen molar-refractivity contribution in [2.75, 3.05) is 0 Å². The normalized spacial score (nSPS) is 19.2. The number of aromatic nitrogens is 3. The van der Waals surface area contributed by atoms with Gasteiger partial charge in [0.1, 0.15) is 0 Å². The number of fused-ring (bicyclic) bond motifs is 1. The van der Waals surface area contributed by atoms with Crippen LogP contribution in [0.15, 0.2) is 36.8 Å². The minimum absolute atomic E-state index is 0.388. The van der Waals surface area contributed by atoms with Crippen LogP contribution in [0, 0.1) is 0 Å². The number of nitrogens with zero attached hydrogens (tertiary/aromatic N) is 2. The Hall–Kier alpha value is -1.49. The highest BCUT2D eigenvalue weighted by Gasteiger charge is 2.51. The van der Waals surface area contributed by atoms with Gasteiger partial charge in [0.25, 0.3) is 0 Å². The fraction of sp³-hybridized carbons (Fsp3) is 0.318. The minimum Gasteiger partial charge on any atom is -0.399 e. The average molecular weight is 533 g/mol. The maximum absolute atomic E-state index is 6.25. The Morgan fingerprint density at radius 2 is 2.00 bits per heavy atom. The van der Waals surface area contributed by atoms with Crippen molar-refractivity contribution in [1.82, 2.24) is 13.9 Å². The molecule has 0 aliphatic carbocycles. The van der Waals surface area contributed by atoms with Crippen LogP contribution >= 0.6 is 30.3 Å². The number of allylic oxidation sites excluding steroid dienone is 2. The average Bonchev–Trinajstić information content (AvgIpc) is 3.33. The van der Waals surface area contributed by atoms with E-state index in [0.29, 0.717) is 0 Å². The van der Waals surface area contributed by atoms with E-state index in [0.717, 1.165) is 38.2 Å². The first-order valence-corrected chi connectivity index (χ1v) is 13.1. The highest BCUT2D eigenvalue weighted by atomic mass is 127. The molecule has 0 radical (unpaired) electrons. The van der Waals surface area contributed by atoms with Gasteiger partial charge in [-0.3, -0.25) is 3.97 Å². The van der Waals surface area contributed by atoms with E-state index in [1.54, 1.807) is 9.12 Å². The number of aromatic amines is 1. The van der Waals surface area contributed by atoms with Crippen molar-refractivity contribution in [2.45, 2.75) is 45.8 Å².